The molecule has 5 heteroatoms. The van der Waals surface area contributed by atoms with E-state index in [4.69, 9.17) is 11.6 Å². The molecular weight excluding hydrogens is 289 g/mol. The molecule has 104 valence electrons. The molecule has 0 saturated heterocycles. The molecule has 1 aromatic heterocycles. The molecule has 0 radical (unpaired) electrons. The summed E-state index contributed by atoms with van der Waals surface area (Å²) in [4.78, 5) is 8.31. The minimum Gasteiger partial charge on any atom is -0.340 e. The quantitative estimate of drug-likeness (QED) is 0.714. The molecule has 1 heterocycles. The Morgan fingerprint density at radius 3 is 2.33 bits per heavy atom. The predicted octanol–water partition coefficient (Wildman–Crippen LogP) is 4.68. The smallest absolute Gasteiger partial charge is 0.224 e. The van der Waals surface area contributed by atoms with Crippen molar-refractivity contribution in [2.45, 2.75) is 0 Å². The van der Waals surface area contributed by atoms with Crippen molar-refractivity contribution in [2.24, 2.45) is 0 Å². The Morgan fingerprint density at radius 1 is 0.905 bits per heavy atom. The van der Waals surface area contributed by atoms with Crippen molar-refractivity contribution < 1.29 is 4.39 Å². The van der Waals surface area contributed by atoms with Gasteiger partial charge in [-0.1, -0.05) is 18.2 Å². The number of anilines is 2. The van der Waals surface area contributed by atoms with Gasteiger partial charge in [0.1, 0.15) is 11.6 Å². The third-order valence-corrected chi connectivity index (χ3v) is 3.05. The lowest BCUT2D eigenvalue weighted by Crippen LogP contribution is -1.96. The number of benzene rings is 2. The summed E-state index contributed by atoms with van der Waals surface area (Å²) >= 11 is 5.96. The summed E-state index contributed by atoms with van der Waals surface area (Å²) in [5, 5.41) is 3.29. The highest BCUT2D eigenvalue weighted by Gasteiger charge is 2.06. The lowest BCUT2D eigenvalue weighted by atomic mass is 10.1. The first-order valence-electron chi connectivity index (χ1n) is 6.33. The van der Waals surface area contributed by atoms with Crippen LogP contribution in [0, 0.1) is 5.82 Å². The molecule has 0 unspecified atom stereocenters. The molecule has 0 aliphatic rings. The third-order valence-electron chi connectivity index (χ3n) is 2.89. The number of hydrogen-bond donors (Lipinski definition) is 1. The summed E-state index contributed by atoms with van der Waals surface area (Å²) in [7, 11) is 0. The standard InChI is InChI=1S/C16H11ClFN3/c17-16-20-14(11-6-8-12(18)9-7-11)10-15(21-16)19-13-4-2-1-3-5-13/h1-10H,(H,19,20,21). The van der Waals surface area contributed by atoms with E-state index in [0.717, 1.165) is 11.3 Å². The summed E-state index contributed by atoms with van der Waals surface area (Å²) in [6.45, 7) is 0. The second-order valence-corrected chi connectivity index (χ2v) is 4.74. The second kappa shape index (κ2) is 5.89. The van der Waals surface area contributed by atoms with Gasteiger partial charge in [0.15, 0.2) is 0 Å². The molecule has 1 N–H and O–H groups in total. The topological polar surface area (TPSA) is 37.8 Å². The number of nitrogens with zero attached hydrogens (tertiary/aromatic N) is 2. The van der Waals surface area contributed by atoms with Crippen molar-refractivity contribution in [2.75, 3.05) is 5.32 Å². The van der Waals surface area contributed by atoms with Crippen LogP contribution in [0.5, 0.6) is 0 Å². The molecule has 0 fully saturated rings. The predicted molar refractivity (Wildman–Crippen MR) is 82.2 cm³/mol. The molecule has 21 heavy (non-hydrogen) atoms. The van der Waals surface area contributed by atoms with Crippen molar-refractivity contribution in [1.29, 1.82) is 0 Å². The lowest BCUT2D eigenvalue weighted by Gasteiger charge is -2.08. The third kappa shape index (κ3) is 3.35. The van der Waals surface area contributed by atoms with Gasteiger partial charge in [-0.05, 0) is 48.0 Å². The van der Waals surface area contributed by atoms with Crippen LogP contribution in [0.15, 0.2) is 60.7 Å². The zero-order valence-electron chi connectivity index (χ0n) is 10.9. The van der Waals surface area contributed by atoms with Crippen molar-refractivity contribution in [3.8, 4) is 11.3 Å². The summed E-state index contributed by atoms with van der Waals surface area (Å²) in [5.74, 6) is 0.294. The van der Waals surface area contributed by atoms with Crippen molar-refractivity contribution in [1.82, 2.24) is 9.97 Å². The number of hydrogen-bond acceptors (Lipinski definition) is 3. The molecule has 2 aromatic carbocycles. The van der Waals surface area contributed by atoms with E-state index in [1.165, 1.54) is 12.1 Å². The van der Waals surface area contributed by atoms with E-state index in [0.29, 0.717) is 11.5 Å². The van der Waals surface area contributed by atoms with Crippen LogP contribution < -0.4 is 5.32 Å². The zero-order valence-corrected chi connectivity index (χ0v) is 11.7. The highest BCUT2D eigenvalue weighted by Crippen LogP contribution is 2.23. The number of rotatable bonds is 3. The van der Waals surface area contributed by atoms with E-state index in [2.05, 4.69) is 15.3 Å². The minimum absolute atomic E-state index is 0.134. The molecular formula is C16H11ClFN3. The molecule has 0 bridgehead atoms. The minimum atomic E-state index is -0.290. The Kier molecular flexibility index (Phi) is 3.79. The Labute approximate surface area is 126 Å². The first-order valence-corrected chi connectivity index (χ1v) is 6.71. The molecule has 0 amide bonds. The molecule has 0 spiro atoms. The molecule has 0 aliphatic carbocycles. The van der Waals surface area contributed by atoms with Gasteiger partial charge >= 0.3 is 0 Å². The van der Waals surface area contributed by atoms with Crippen molar-refractivity contribution in [3.63, 3.8) is 0 Å². The van der Waals surface area contributed by atoms with Crippen LogP contribution >= 0.6 is 11.6 Å². The number of para-hydroxylation sites is 1. The molecule has 0 atom stereocenters. The largest absolute Gasteiger partial charge is 0.340 e. The molecule has 3 nitrogen and oxygen atoms in total. The average molecular weight is 300 g/mol. The monoisotopic (exact) mass is 299 g/mol. The van der Waals surface area contributed by atoms with Gasteiger partial charge in [0.2, 0.25) is 5.28 Å². The van der Waals surface area contributed by atoms with Gasteiger partial charge in [0, 0.05) is 17.3 Å². The van der Waals surface area contributed by atoms with Gasteiger partial charge in [-0.15, -0.1) is 0 Å². The fraction of sp³-hybridized carbons (Fsp3) is 0. The summed E-state index contributed by atoms with van der Waals surface area (Å²) in [6, 6.07) is 17.5. The Balaban J connectivity index is 1.94. The average Bonchev–Trinajstić information content (AvgIpc) is 2.48. The summed E-state index contributed by atoms with van der Waals surface area (Å²) in [5.41, 5.74) is 2.31. The van der Waals surface area contributed by atoms with Gasteiger partial charge < -0.3 is 5.32 Å². The lowest BCUT2D eigenvalue weighted by molar-refractivity contribution is 0.628. The van der Waals surface area contributed by atoms with Crippen molar-refractivity contribution >= 4 is 23.1 Å². The zero-order chi connectivity index (χ0) is 14.7. The van der Waals surface area contributed by atoms with Gasteiger partial charge in [-0.2, -0.15) is 0 Å². The molecule has 0 saturated carbocycles. The van der Waals surface area contributed by atoms with E-state index in [9.17, 15) is 4.39 Å². The maximum atomic E-state index is 13.0. The second-order valence-electron chi connectivity index (χ2n) is 4.41. The fourth-order valence-corrected chi connectivity index (χ4v) is 2.10. The van der Waals surface area contributed by atoms with Crippen LogP contribution in [-0.4, -0.2) is 9.97 Å². The first-order chi connectivity index (χ1) is 10.2. The van der Waals surface area contributed by atoms with Gasteiger partial charge in [0.25, 0.3) is 0 Å². The SMILES string of the molecule is Fc1ccc(-c2cc(Nc3ccccc3)nc(Cl)n2)cc1. The van der Waals surface area contributed by atoms with E-state index in [1.54, 1.807) is 18.2 Å². The van der Waals surface area contributed by atoms with Crippen LogP contribution in [0.25, 0.3) is 11.3 Å². The fourth-order valence-electron chi connectivity index (χ4n) is 1.92. The first kappa shape index (κ1) is 13.5. The normalized spacial score (nSPS) is 10.4. The highest BCUT2D eigenvalue weighted by molar-refractivity contribution is 6.28. The molecule has 0 aliphatic heterocycles. The van der Waals surface area contributed by atoms with E-state index >= 15 is 0 Å². The number of halogens is 2. The molecule has 3 rings (SSSR count). The van der Waals surface area contributed by atoms with Crippen molar-refractivity contribution in [3.05, 3.63) is 71.8 Å². The number of aromatic nitrogens is 2. The Morgan fingerprint density at radius 2 is 1.62 bits per heavy atom. The summed E-state index contributed by atoms with van der Waals surface area (Å²) < 4.78 is 13.0. The summed E-state index contributed by atoms with van der Waals surface area (Å²) in [6.07, 6.45) is 0. The maximum absolute atomic E-state index is 13.0. The van der Waals surface area contributed by atoms with Crippen LogP contribution in [-0.2, 0) is 0 Å². The molecule has 3 aromatic rings. The van der Waals surface area contributed by atoms with Crippen LogP contribution in [0.3, 0.4) is 0 Å². The van der Waals surface area contributed by atoms with Gasteiger partial charge in [0.05, 0.1) is 5.69 Å². The Hall–Kier alpha value is -2.46. The van der Waals surface area contributed by atoms with Gasteiger partial charge in [-0.3, -0.25) is 0 Å². The highest BCUT2D eigenvalue weighted by atomic mass is 35.5. The van der Waals surface area contributed by atoms with Gasteiger partial charge in [-0.25, -0.2) is 14.4 Å². The van der Waals surface area contributed by atoms with E-state index in [1.807, 2.05) is 30.3 Å². The number of nitrogens with one attached hydrogen (secondary N) is 1. The van der Waals surface area contributed by atoms with E-state index < -0.39 is 0 Å². The Bertz CT molecular complexity index is 745. The van der Waals surface area contributed by atoms with Crippen LogP contribution in [0.2, 0.25) is 5.28 Å². The maximum Gasteiger partial charge on any atom is 0.224 e. The van der Waals surface area contributed by atoms with Crippen LogP contribution in [0.4, 0.5) is 15.9 Å². The van der Waals surface area contributed by atoms with E-state index in [-0.39, 0.29) is 11.1 Å². The van der Waals surface area contributed by atoms with Crippen LogP contribution in [0.1, 0.15) is 0 Å².